The summed E-state index contributed by atoms with van der Waals surface area (Å²) in [5.41, 5.74) is 1.32. The van der Waals surface area contributed by atoms with Crippen LogP contribution >= 0.6 is 0 Å². The van der Waals surface area contributed by atoms with Gasteiger partial charge in [-0.05, 0) is 6.07 Å². The minimum atomic E-state index is -0.974. The molecule has 0 N–H and O–H groups in total. The molecule has 6 nitrogen and oxygen atoms in total. The molecule has 0 bridgehead atoms. The van der Waals surface area contributed by atoms with Gasteiger partial charge in [-0.25, -0.2) is 0 Å². The number of benzene rings is 1. The maximum absolute atomic E-state index is 5.73. The summed E-state index contributed by atoms with van der Waals surface area (Å²) in [4.78, 5) is 0. The van der Waals surface area contributed by atoms with Gasteiger partial charge in [-0.15, -0.1) is 0 Å². The van der Waals surface area contributed by atoms with Crippen LogP contribution in [0.15, 0.2) is 24.3 Å². The Labute approximate surface area is 150 Å². The van der Waals surface area contributed by atoms with Crippen LogP contribution in [0, 0.1) is 0 Å². The monoisotopic (exact) mass is 374 g/mol. The van der Waals surface area contributed by atoms with Crippen LogP contribution in [0.5, 0.6) is 0 Å². The summed E-state index contributed by atoms with van der Waals surface area (Å²) in [6.07, 6.45) is 0. The highest BCUT2D eigenvalue weighted by Gasteiger charge is 2.43. The van der Waals surface area contributed by atoms with Crippen LogP contribution in [0.3, 0.4) is 0 Å². The van der Waals surface area contributed by atoms with Crippen molar-refractivity contribution >= 4 is 20.5 Å². The molecule has 8 heteroatoms. The average Bonchev–Trinajstić information content (AvgIpc) is 2.64. The number of methoxy groups -OCH3 is 6. The van der Waals surface area contributed by atoms with Crippen LogP contribution in [0.2, 0.25) is 0 Å². The topological polar surface area (TPSA) is 55.4 Å². The fourth-order valence-electron chi connectivity index (χ4n) is 3.03. The summed E-state index contributed by atoms with van der Waals surface area (Å²) in [5, 5.41) is 0. The lowest BCUT2D eigenvalue weighted by Crippen LogP contribution is -2.47. The Morgan fingerprint density at radius 3 is 1.29 bits per heavy atom. The maximum Gasteiger partial charge on any atom is 0.217 e. The second-order valence-electron chi connectivity index (χ2n) is 5.49. The van der Waals surface area contributed by atoms with E-state index in [-0.39, 0.29) is 11.5 Å². The Hall–Kier alpha value is -0.586. The van der Waals surface area contributed by atoms with Gasteiger partial charge in [-0.1, -0.05) is 18.2 Å². The van der Waals surface area contributed by atoms with E-state index in [0.29, 0.717) is 0 Å². The normalized spacial score (nSPS) is 15.6. The molecule has 1 aromatic rings. The number of hydrogen-bond acceptors (Lipinski definition) is 6. The Bertz CT molecular complexity index is 464. The molecule has 0 aliphatic rings. The number of hydrogen-bond donors (Lipinski definition) is 0. The molecule has 24 heavy (non-hydrogen) atoms. The summed E-state index contributed by atoms with van der Waals surface area (Å²) in [6, 6.07) is 7.79. The van der Waals surface area contributed by atoms with E-state index in [0.717, 1.165) is 31.6 Å². The van der Waals surface area contributed by atoms with E-state index >= 15 is 0 Å². The van der Waals surface area contributed by atoms with E-state index < -0.39 is 11.6 Å². The number of ether oxygens (including phenoxy) is 6. The van der Waals surface area contributed by atoms with Crippen LogP contribution in [0.25, 0.3) is 0 Å². The quantitative estimate of drug-likeness (QED) is 0.397. The van der Waals surface area contributed by atoms with Crippen molar-refractivity contribution in [1.82, 2.24) is 0 Å². The van der Waals surface area contributed by atoms with Crippen LogP contribution < -0.4 is 0 Å². The van der Waals surface area contributed by atoms with Gasteiger partial charge < -0.3 is 28.4 Å². The standard InChI is InChI=1S/C16H30O6Si2/c1-17-13(23)15(19-3,20-4)11-8-7-9-12(10-11)16(21-5,22-6)14(24)18-2/h7-10,13-14H,1-6,23-24H3. The van der Waals surface area contributed by atoms with Gasteiger partial charge in [0.05, 0.1) is 11.5 Å². The molecular formula is C16H30O6Si2. The molecule has 2 atom stereocenters. The molecule has 1 aromatic carbocycles. The molecule has 2 unspecified atom stereocenters. The van der Waals surface area contributed by atoms with Gasteiger partial charge in [0.25, 0.3) is 0 Å². The molecule has 0 saturated carbocycles. The molecule has 0 radical (unpaired) electrons. The van der Waals surface area contributed by atoms with Crippen LogP contribution in [-0.2, 0) is 40.0 Å². The van der Waals surface area contributed by atoms with E-state index in [1.807, 2.05) is 24.3 Å². The minimum Gasteiger partial charge on any atom is -0.380 e. The highest BCUT2D eigenvalue weighted by molar-refractivity contribution is 6.12. The maximum atomic E-state index is 5.73. The van der Waals surface area contributed by atoms with E-state index in [4.69, 9.17) is 28.4 Å². The fourth-order valence-corrected chi connectivity index (χ4v) is 4.64. The van der Waals surface area contributed by atoms with Crippen molar-refractivity contribution < 1.29 is 28.4 Å². The minimum absolute atomic E-state index is 0.184. The van der Waals surface area contributed by atoms with Crippen molar-refractivity contribution in [3.63, 3.8) is 0 Å². The zero-order chi connectivity index (χ0) is 18.4. The summed E-state index contributed by atoms with van der Waals surface area (Å²) in [7, 11) is 11.2. The summed E-state index contributed by atoms with van der Waals surface area (Å²) in [6.45, 7) is 0. The van der Waals surface area contributed by atoms with Crippen molar-refractivity contribution in [3.05, 3.63) is 35.4 Å². The first-order chi connectivity index (χ1) is 11.4. The zero-order valence-electron chi connectivity index (χ0n) is 15.9. The van der Waals surface area contributed by atoms with Gasteiger partial charge in [0, 0.05) is 74.3 Å². The first-order valence-electron chi connectivity index (χ1n) is 7.79. The first-order valence-corrected chi connectivity index (χ1v) is 10.1. The number of rotatable bonds is 10. The summed E-state index contributed by atoms with van der Waals surface area (Å²) < 4.78 is 34.0. The van der Waals surface area contributed by atoms with Gasteiger partial charge in [-0.2, -0.15) is 0 Å². The van der Waals surface area contributed by atoms with Crippen molar-refractivity contribution in [1.29, 1.82) is 0 Å². The molecule has 138 valence electrons. The highest BCUT2D eigenvalue weighted by Crippen LogP contribution is 2.36. The highest BCUT2D eigenvalue weighted by atomic mass is 28.1. The summed E-state index contributed by atoms with van der Waals surface area (Å²) in [5.74, 6) is -1.95. The van der Waals surface area contributed by atoms with E-state index in [1.165, 1.54) is 0 Å². The first kappa shape index (κ1) is 21.5. The molecule has 0 heterocycles. The van der Waals surface area contributed by atoms with Gasteiger partial charge in [-0.3, -0.25) is 0 Å². The SMILES string of the molecule is COC([SiH3])C(OC)(OC)c1cccc(C(OC)(OC)C([SiH3])OC)c1. The third-order valence-corrected chi connectivity index (χ3v) is 7.12. The van der Waals surface area contributed by atoms with E-state index in [1.54, 1.807) is 42.7 Å². The predicted molar refractivity (Wildman–Crippen MR) is 99.3 cm³/mol. The van der Waals surface area contributed by atoms with Crippen molar-refractivity contribution in [3.8, 4) is 0 Å². The Morgan fingerprint density at radius 2 is 1.04 bits per heavy atom. The fraction of sp³-hybridized carbons (Fsp3) is 0.625. The molecule has 0 aromatic heterocycles. The molecule has 0 spiro atoms. The molecular weight excluding hydrogens is 344 g/mol. The molecule has 1 rings (SSSR count). The predicted octanol–water partition coefficient (Wildman–Crippen LogP) is -0.746. The summed E-state index contributed by atoms with van der Waals surface area (Å²) >= 11 is 0. The lowest BCUT2D eigenvalue weighted by Gasteiger charge is -2.39. The molecule has 0 aliphatic heterocycles. The van der Waals surface area contributed by atoms with E-state index in [9.17, 15) is 0 Å². The van der Waals surface area contributed by atoms with Crippen LogP contribution in [0.1, 0.15) is 11.1 Å². The zero-order valence-corrected chi connectivity index (χ0v) is 19.9. The molecule has 0 fully saturated rings. The Kier molecular flexibility index (Phi) is 8.23. The van der Waals surface area contributed by atoms with Crippen molar-refractivity contribution in [2.45, 2.75) is 23.0 Å². The largest absolute Gasteiger partial charge is 0.380 e. The van der Waals surface area contributed by atoms with E-state index in [2.05, 4.69) is 0 Å². The van der Waals surface area contributed by atoms with Crippen LogP contribution in [-0.4, -0.2) is 74.6 Å². The van der Waals surface area contributed by atoms with Gasteiger partial charge in [0.15, 0.2) is 0 Å². The average molecular weight is 375 g/mol. The third kappa shape index (κ3) is 3.65. The second kappa shape index (κ2) is 9.21. The lowest BCUT2D eigenvalue weighted by atomic mass is 9.98. The van der Waals surface area contributed by atoms with Crippen LogP contribution in [0.4, 0.5) is 0 Å². The molecule has 0 aliphatic carbocycles. The molecule has 0 saturated heterocycles. The van der Waals surface area contributed by atoms with Crippen molar-refractivity contribution in [2.24, 2.45) is 0 Å². The van der Waals surface area contributed by atoms with Crippen molar-refractivity contribution in [2.75, 3.05) is 42.7 Å². The molecule has 0 amide bonds. The third-order valence-electron chi connectivity index (χ3n) is 4.66. The second-order valence-corrected chi connectivity index (χ2v) is 7.59. The lowest BCUT2D eigenvalue weighted by molar-refractivity contribution is -0.258. The smallest absolute Gasteiger partial charge is 0.217 e. The Balaban J connectivity index is 3.49. The van der Waals surface area contributed by atoms with Gasteiger partial charge in [0.1, 0.15) is 0 Å². The van der Waals surface area contributed by atoms with Gasteiger partial charge >= 0.3 is 0 Å². The Morgan fingerprint density at radius 1 is 0.708 bits per heavy atom. The van der Waals surface area contributed by atoms with Gasteiger partial charge in [0.2, 0.25) is 11.6 Å².